The van der Waals surface area contributed by atoms with E-state index in [-0.39, 0.29) is 23.8 Å². The zero-order valence-electron chi connectivity index (χ0n) is 13.9. The molecule has 0 spiro atoms. The van der Waals surface area contributed by atoms with E-state index < -0.39 is 0 Å². The van der Waals surface area contributed by atoms with Gasteiger partial charge in [0.15, 0.2) is 0 Å². The van der Waals surface area contributed by atoms with Gasteiger partial charge < -0.3 is 10.2 Å². The van der Waals surface area contributed by atoms with Crippen molar-refractivity contribution in [2.24, 2.45) is 5.92 Å². The van der Waals surface area contributed by atoms with Gasteiger partial charge in [-0.25, -0.2) is 0 Å². The van der Waals surface area contributed by atoms with Crippen LogP contribution in [-0.4, -0.2) is 53.8 Å². The van der Waals surface area contributed by atoms with E-state index in [9.17, 15) is 9.59 Å². The Morgan fingerprint density at radius 1 is 1.25 bits per heavy atom. The predicted molar refractivity (Wildman–Crippen MR) is 90.1 cm³/mol. The molecule has 1 aliphatic heterocycles. The number of hydrogen-bond acceptors (Lipinski definition) is 4. The number of carbonyl (C=O) groups is 2. The third kappa shape index (κ3) is 3.74. The van der Waals surface area contributed by atoms with Crippen molar-refractivity contribution >= 4 is 17.5 Å². The van der Waals surface area contributed by atoms with Crippen molar-refractivity contribution < 1.29 is 9.59 Å². The number of rotatable bonds is 4. The van der Waals surface area contributed by atoms with Crippen LogP contribution in [-0.2, 0) is 9.59 Å². The van der Waals surface area contributed by atoms with Crippen LogP contribution in [0.25, 0.3) is 0 Å². The minimum absolute atomic E-state index is 0.0907. The second-order valence-corrected chi connectivity index (χ2v) is 6.49. The summed E-state index contributed by atoms with van der Waals surface area (Å²) in [7, 11) is 0. The van der Waals surface area contributed by atoms with Crippen molar-refractivity contribution in [1.82, 2.24) is 9.80 Å². The summed E-state index contributed by atoms with van der Waals surface area (Å²) in [6.07, 6.45) is 2.05. The van der Waals surface area contributed by atoms with Gasteiger partial charge in [0.05, 0.1) is 17.7 Å². The lowest BCUT2D eigenvalue weighted by molar-refractivity contribution is -0.135. The second kappa shape index (κ2) is 7.02. The van der Waals surface area contributed by atoms with Crippen LogP contribution < -0.4 is 5.32 Å². The van der Waals surface area contributed by atoms with Crippen molar-refractivity contribution in [2.75, 3.05) is 31.5 Å². The predicted octanol–water partition coefficient (Wildman–Crippen LogP) is 1.44. The number of hydrogen-bond donors (Lipinski definition) is 1. The zero-order valence-corrected chi connectivity index (χ0v) is 13.9. The summed E-state index contributed by atoms with van der Waals surface area (Å²) in [6.45, 7) is 4.69. The van der Waals surface area contributed by atoms with Crippen LogP contribution in [0.1, 0.15) is 25.3 Å². The van der Waals surface area contributed by atoms with Crippen molar-refractivity contribution in [3.63, 3.8) is 0 Å². The summed E-state index contributed by atoms with van der Waals surface area (Å²) in [5.74, 6) is 0.441. The molecule has 1 saturated heterocycles. The van der Waals surface area contributed by atoms with Gasteiger partial charge in [0.25, 0.3) is 0 Å². The molecule has 6 nitrogen and oxygen atoms in total. The minimum atomic E-state index is -0.270. The summed E-state index contributed by atoms with van der Waals surface area (Å²) in [6, 6.07) is 8.69. The van der Waals surface area contributed by atoms with E-state index >= 15 is 0 Å². The molecule has 1 saturated carbocycles. The number of carbonyl (C=O) groups excluding carboxylic acids is 2. The lowest BCUT2D eigenvalue weighted by Crippen LogP contribution is -2.54. The number of piperazine rings is 1. The number of anilines is 1. The van der Waals surface area contributed by atoms with E-state index in [2.05, 4.69) is 16.3 Å². The average Bonchev–Trinajstić information content (AvgIpc) is 3.46. The molecule has 2 amide bonds. The van der Waals surface area contributed by atoms with Crippen LogP contribution in [0.3, 0.4) is 0 Å². The van der Waals surface area contributed by atoms with Crippen molar-refractivity contribution in [3.8, 4) is 6.07 Å². The number of nitriles is 1. The number of amides is 2. The molecule has 0 aromatic heterocycles. The summed E-state index contributed by atoms with van der Waals surface area (Å²) in [5, 5.41) is 11.8. The SMILES string of the molecule is CC(C(=O)Nc1cccc(C#N)c1)N1CCN(C(=O)C2CC2)CC1. The first-order valence-electron chi connectivity index (χ1n) is 8.42. The quantitative estimate of drug-likeness (QED) is 0.908. The molecule has 0 bridgehead atoms. The van der Waals surface area contributed by atoms with Gasteiger partial charge in [-0.1, -0.05) is 6.07 Å². The highest BCUT2D eigenvalue weighted by Crippen LogP contribution is 2.31. The van der Waals surface area contributed by atoms with Crippen LogP contribution in [0.15, 0.2) is 24.3 Å². The molecular formula is C18H22N4O2. The molecule has 1 aliphatic carbocycles. The van der Waals surface area contributed by atoms with Crippen LogP contribution in [0.2, 0.25) is 0 Å². The fraction of sp³-hybridized carbons (Fsp3) is 0.500. The van der Waals surface area contributed by atoms with Crippen molar-refractivity contribution in [3.05, 3.63) is 29.8 Å². The number of benzene rings is 1. The molecule has 1 aromatic carbocycles. The lowest BCUT2D eigenvalue weighted by Gasteiger charge is -2.37. The van der Waals surface area contributed by atoms with Gasteiger partial charge in [-0.2, -0.15) is 5.26 Å². The summed E-state index contributed by atoms with van der Waals surface area (Å²) >= 11 is 0. The largest absolute Gasteiger partial charge is 0.340 e. The van der Waals surface area contributed by atoms with Gasteiger partial charge in [0, 0.05) is 37.8 Å². The van der Waals surface area contributed by atoms with Gasteiger partial charge >= 0.3 is 0 Å². The Labute approximate surface area is 142 Å². The van der Waals surface area contributed by atoms with Gasteiger partial charge in [0.2, 0.25) is 11.8 Å². The Hall–Kier alpha value is -2.39. The summed E-state index contributed by atoms with van der Waals surface area (Å²) < 4.78 is 0. The van der Waals surface area contributed by atoms with Crippen molar-refractivity contribution in [2.45, 2.75) is 25.8 Å². The molecule has 0 radical (unpaired) electrons. The summed E-state index contributed by atoms with van der Waals surface area (Å²) in [5.41, 5.74) is 1.15. The maximum absolute atomic E-state index is 12.4. The Kier molecular flexibility index (Phi) is 4.81. The molecule has 2 aliphatic rings. The monoisotopic (exact) mass is 326 g/mol. The number of nitrogens with one attached hydrogen (secondary N) is 1. The third-order valence-electron chi connectivity index (χ3n) is 4.74. The zero-order chi connectivity index (χ0) is 17.1. The van der Waals surface area contributed by atoms with E-state index in [1.165, 1.54) is 0 Å². The van der Waals surface area contributed by atoms with Crippen LogP contribution in [0.4, 0.5) is 5.69 Å². The third-order valence-corrected chi connectivity index (χ3v) is 4.74. The Balaban J connectivity index is 1.52. The summed E-state index contributed by atoms with van der Waals surface area (Å²) in [4.78, 5) is 28.5. The molecule has 1 N–H and O–H groups in total. The topological polar surface area (TPSA) is 76.4 Å². The van der Waals surface area contributed by atoms with Gasteiger partial charge in [-0.05, 0) is 38.0 Å². The first-order valence-corrected chi connectivity index (χ1v) is 8.42. The fourth-order valence-electron chi connectivity index (χ4n) is 3.00. The molecule has 1 aromatic rings. The second-order valence-electron chi connectivity index (χ2n) is 6.49. The molecule has 1 heterocycles. The van der Waals surface area contributed by atoms with E-state index in [4.69, 9.17) is 5.26 Å². The van der Waals surface area contributed by atoms with E-state index in [0.29, 0.717) is 37.4 Å². The van der Waals surface area contributed by atoms with E-state index in [1.807, 2.05) is 11.8 Å². The van der Waals surface area contributed by atoms with Crippen LogP contribution in [0.5, 0.6) is 0 Å². The standard InChI is InChI=1S/C18H22N4O2/c1-13(17(23)20-16-4-2-3-14(11-16)12-19)21-7-9-22(10-8-21)18(24)15-5-6-15/h2-4,11,13,15H,5-10H2,1H3,(H,20,23). The van der Waals surface area contributed by atoms with Gasteiger partial charge in [-0.3, -0.25) is 14.5 Å². The first-order chi connectivity index (χ1) is 11.6. The highest BCUT2D eigenvalue weighted by Gasteiger charge is 2.35. The molecule has 3 rings (SSSR count). The Morgan fingerprint density at radius 3 is 2.58 bits per heavy atom. The molecule has 2 fully saturated rings. The van der Waals surface area contributed by atoms with Gasteiger partial charge in [-0.15, -0.1) is 0 Å². The Bertz CT molecular complexity index is 670. The normalized spacial score (nSPS) is 19.4. The maximum atomic E-state index is 12.4. The van der Waals surface area contributed by atoms with Crippen LogP contribution >= 0.6 is 0 Å². The average molecular weight is 326 g/mol. The van der Waals surface area contributed by atoms with Crippen molar-refractivity contribution in [1.29, 1.82) is 5.26 Å². The fourth-order valence-corrected chi connectivity index (χ4v) is 3.00. The molecule has 1 unspecified atom stereocenters. The highest BCUT2D eigenvalue weighted by molar-refractivity contribution is 5.94. The van der Waals surface area contributed by atoms with Crippen LogP contribution in [0, 0.1) is 17.2 Å². The molecular weight excluding hydrogens is 304 g/mol. The number of nitrogens with zero attached hydrogens (tertiary/aromatic N) is 3. The minimum Gasteiger partial charge on any atom is -0.340 e. The van der Waals surface area contributed by atoms with E-state index in [1.54, 1.807) is 24.3 Å². The molecule has 6 heteroatoms. The molecule has 24 heavy (non-hydrogen) atoms. The molecule has 126 valence electrons. The van der Waals surface area contributed by atoms with Gasteiger partial charge in [0.1, 0.15) is 0 Å². The van der Waals surface area contributed by atoms with E-state index in [0.717, 1.165) is 12.8 Å². The lowest BCUT2D eigenvalue weighted by atomic mass is 10.2. The maximum Gasteiger partial charge on any atom is 0.241 e. The smallest absolute Gasteiger partial charge is 0.241 e. The molecule has 1 atom stereocenters. The Morgan fingerprint density at radius 2 is 1.96 bits per heavy atom. The highest BCUT2D eigenvalue weighted by atomic mass is 16.2. The first kappa shape index (κ1) is 16.5.